The predicted molar refractivity (Wildman–Crippen MR) is 124 cm³/mol. The number of carbonyl (C=O) groups is 2. The second-order valence-corrected chi connectivity index (χ2v) is 9.69. The third kappa shape index (κ3) is 3.47. The number of hydrogen-bond acceptors (Lipinski definition) is 2. The first-order valence-corrected chi connectivity index (χ1v) is 10.6. The average molecular weight is 452 g/mol. The highest BCUT2D eigenvalue weighted by atomic mass is 35.5. The molecule has 1 aliphatic heterocycles. The topological polar surface area (TPSA) is 57.6 Å². The predicted octanol–water partition coefficient (Wildman–Crippen LogP) is 6.46. The number of carboxylic acids is 1. The number of hydrogen-bond donors (Lipinski definition) is 1. The van der Waals surface area contributed by atoms with Gasteiger partial charge in [-0.1, -0.05) is 56.6 Å². The summed E-state index contributed by atoms with van der Waals surface area (Å²) in [6.07, 6.45) is 0. The van der Waals surface area contributed by atoms with Gasteiger partial charge in [0.25, 0.3) is 0 Å². The van der Waals surface area contributed by atoms with Crippen LogP contribution < -0.4 is 4.90 Å². The van der Waals surface area contributed by atoms with Crippen LogP contribution in [0.25, 0.3) is 0 Å². The summed E-state index contributed by atoms with van der Waals surface area (Å²) in [7, 11) is 0. The van der Waals surface area contributed by atoms with Crippen molar-refractivity contribution in [2.24, 2.45) is 0 Å². The third-order valence-electron chi connectivity index (χ3n) is 6.08. The molecule has 0 spiro atoms. The van der Waals surface area contributed by atoms with E-state index in [1.54, 1.807) is 18.2 Å². The van der Waals surface area contributed by atoms with E-state index in [4.69, 9.17) is 11.6 Å². The van der Waals surface area contributed by atoms with Gasteiger partial charge in [-0.15, -0.1) is 0 Å². The van der Waals surface area contributed by atoms with E-state index in [9.17, 15) is 19.1 Å². The third-order valence-corrected chi connectivity index (χ3v) is 6.32. The standard InChI is InChI=1S/C26H23ClFNO3/c1-25(2,3)16-5-7-17(8-6-16)26(4)21-13-18(27)9-10-22(21)29(24(26)32)20-12-15(23(30)31)11-19(28)14-20/h5-14H,1-4H3,(H,30,31). The summed E-state index contributed by atoms with van der Waals surface area (Å²) in [6, 6.07) is 16.4. The van der Waals surface area contributed by atoms with Crippen LogP contribution in [0.5, 0.6) is 0 Å². The van der Waals surface area contributed by atoms with Crippen molar-refractivity contribution in [2.45, 2.75) is 38.5 Å². The van der Waals surface area contributed by atoms with Crippen LogP contribution in [0.4, 0.5) is 15.8 Å². The van der Waals surface area contributed by atoms with Crippen LogP contribution in [0.2, 0.25) is 5.02 Å². The Hall–Kier alpha value is -3.18. The zero-order chi connectivity index (χ0) is 23.4. The van der Waals surface area contributed by atoms with Gasteiger partial charge in [0.1, 0.15) is 5.82 Å². The monoisotopic (exact) mass is 451 g/mol. The van der Waals surface area contributed by atoms with E-state index in [0.717, 1.165) is 23.3 Å². The lowest BCUT2D eigenvalue weighted by Crippen LogP contribution is -2.37. The second kappa shape index (κ2) is 7.45. The van der Waals surface area contributed by atoms with Gasteiger partial charge in [-0.05, 0) is 65.4 Å². The van der Waals surface area contributed by atoms with Crippen molar-refractivity contribution in [1.82, 2.24) is 0 Å². The molecule has 3 aromatic carbocycles. The summed E-state index contributed by atoms with van der Waals surface area (Å²) >= 11 is 6.29. The van der Waals surface area contributed by atoms with Crippen LogP contribution in [0, 0.1) is 5.82 Å². The molecule has 4 rings (SSSR count). The summed E-state index contributed by atoms with van der Waals surface area (Å²) in [5.41, 5.74) is 1.94. The Morgan fingerprint density at radius 1 is 1.03 bits per heavy atom. The van der Waals surface area contributed by atoms with Crippen LogP contribution in [0.15, 0.2) is 60.7 Å². The Morgan fingerprint density at radius 2 is 1.69 bits per heavy atom. The van der Waals surface area contributed by atoms with E-state index in [1.165, 1.54) is 11.0 Å². The smallest absolute Gasteiger partial charge is 0.335 e. The largest absolute Gasteiger partial charge is 0.478 e. The highest BCUT2D eigenvalue weighted by Crippen LogP contribution is 2.50. The van der Waals surface area contributed by atoms with Crippen LogP contribution in [-0.2, 0) is 15.6 Å². The number of fused-ring (bicyclic) bond motifs is 1. The molecule has 0 bridgehead atoms. The van der Waals surface area contributed by atoms with Gasteiger partial charge in [0.15, 0.2) is 0 Å². The molecule has 164 valence electrons. The Kier molecular flexibility index (Phi) is 5.13. The van der Waals surface area contributed by atoms with Crippen molar-refractivity contribution in [2.75, 3.05) is 4.90 Å². The van der Waals surface area contributed by atoms with Gasteiger partial charge < -0.3 is 5.11 Å². The quantitative estimate of drug-likeness (QED) is 0.497. The number of anilines is 2. The van der Waals surface area contributed by atoms with Gasteiger partial charge in [0.2, 0.25) is 5.91 Å². The fourth-order valence-corrected chi connectivity index (χ4v) is 4.39. The minimum Gasteiger partial charge on any atom is -0.478 e. The first-order valence-electron chi connectivity index (χ1n) is 10.2. The first-order chi connectivity index (χ1) is 14.9. The lowest BCUT2D eigenvalue weighted by Gasteiger charge is -2.27. The van der Waals surface area contributed by atoms with Crippen LogP contribution in [0.1, 0.15) is 54.7 Å². The van der Waals surface area contributed by atoms with Gasteiger partial charge in [-0.3, -0.25) is 9.69 Å². The molecule has 0 aromatic heterocycles. The molecule has 4 nitrogen and oxygen atoms in total. The minimum absolute atomic E-state index is 0.0405. The van der Waals surface area contributed by atoms with Crippen molar-refractivity contribution in [3.05, 3.63) is 93.8 Å². The van der Waals surface area contributed by atoms with Gasteiger partial charge in [-0.2, -0.15) is 0 Å². The van der Waals surface area contributed by atoms with Crippen molar-refractivity contribution in [3.63, 3.8) is 0 Å². The molecule has 0 radical (unpaired) electrons. The normalized spacial score (nSPS) is 18.1. The maximum absolute atomic E-state index is 14.3. The van der Waals surface area contributed by atoms with Crippen LogP contribution in [0.3, 0.4) is 0 Å². The number of halogens is 2. The van der Waals surface area contributed by atoms with Crippen molar-refractivity contribution in [3.8, 4) is 0 Å². The molecule has 6 heteroatoms. The zero-order valence-corrected chi connectivity index (χ0v) is 19.0. The number of nitrogens with zero attached hydrogens (tertiary/aromatic N) is 1. The highest BCUT2D eigenvalue weighted by molar-refractivity contribution is 6.31. The molecule has 32 heavy (non-hydrogen) atoms. The maximum atomic E-state index is 14.3. The summed E-state index contributed by atoms with van der Waals surface area (Å²) in [5, 5.41) is 9.83. The van der Waals surface area contributed by atoms with Crippen molar-refractivity contribution < 1.29 is 19.1 Å². The molecule has 0 aliphatic carbocycles. The first kappa shape index (κ1) is 22.0. The number of aromatic carboxylic acids is 1. The summed E-state index contributed by atoms with van der Waals surface area (Å²) in [4.78, 5) is 26.7. The number of rotatable bonds is 3. The number of amides is 1. The van der Waals surface area contributed by atoms with Crippen molar-refractivity contribution in [1.29, 1.82) is 0 Å². The summed E-state index contributed by atoms with van der Waals surface area (Å²) < 4.78 is 14.3. The van der Waals surface area contributed by atoms with Gasteiger partial charge in [0, 0.05) is 5.02 Å². The van der Waals surface area contributed by atoms with E-state index in [-0.39, 0.29) is 22.6 Å². The molecule has 3 aromatic rings. The highest BCUT2D eigenvalue weighted by Gasteiger charge is 2.49. The van der Waals surface area contributed by atoms with E-state index in [1.807, 2.05) is 31.2 Å². The molecule has 1 amide bonds. The average Bonchev–Trinajstić information content (AvgIpc) is 2.95. The van der Waals surface area contributed by atoms with Gasteiger partial charge in [-0.25, -0.2) is 9.18 Å². The van der Waals surface area contributed by atoms with Crippen LogP contribution in [-0.4, -0.2) is 17.0 Å². The van der Waals surface area contributed by atoms with E-state index >= 15 is 0 Å². The second-order valence-electron chi connectivity index (χ2n) is 9.26. The van der Waals surface area contributed by atoms with Gasteiger partial charge >= 0.3 is 5.97 Å². The molecule has 1 heterocycles. The van der Waals surface area contributed by atoms with E-state index in [0.29, 0.717) is 16.3 Å². The molecule has 0 saturated heterocycles. The van der Waals surface area contributed by atoms with E-state index in [2.05, 4.69) is 20.8 Å². The van der Waals surface area contributed by atoms with Crippen LogP contribution >= 0.6 is 11.6 Å². The van der Waals surface area contributed by atoms with Gasteiger partial charge in [0.05, 0.1) is 22.4 Å². The molecule has 0 saturated carbocycles. The number of carbonyl (C=O) groups excluding carboxylic acids is 1. The minimum atomic E-state index is -1.27. The lowest BCUT2D eigenvalue weighted by atomic mass is 9.76. The SMILES string of the molecule is CC(C)(C)c1ccc(C2(C)C(=O)N(c3cc(F)cc(C(=O)O)c3)c3ccc(Cl)cc32)cc1. The molecule has 0 fully saturated rings. The Bertz CT molecular complexity index is 1250. The molecule has 1 unspecified atom stereocenters. The zero-order valence-electron chi connectivity index (χ0n) is 18.2. The summed E-state index contributed by atoms with van der Waals surface area (Å²) in [5.74, 6) is -2.30. The fourth-order valence-electron chi connectivity index (χ4n) is 4.22. The molecule has 1 atom stereocenters. The number of benzene rings is 3. The Balaban J connectivity index is 1.91. The molecule has 1 N–H and O–H groups in total. The Labute approximate surface area is 191 Å². The van der Waals surface area contributed by atoms with Crippen molar-refractivity contribution >= 4 is 34.9 Å². The van der Waals surface area contributed by atoms with E-state index < -0.39 is 17.2 Å². The molecule has 1 aliphatic rings. The number of carboxylic acid groups (broad SMARTS) is 1. The summed E-state index contributed by atoms with van der Waals surface area (Å²) in [6.45, 7) is 8.16. The maximum Gasteiger partial charge on any atom is 0.335 e. The Morgan fingerprint density at radius 3 is 2.28 bits per heavy atom. The molecular weight excluding hydrogens is 429 g/mol. The lowest BCUT2D eigenvalue weighted by molar-refractivity contribution is -0.120. The molecular formula is C26H23ClFNO3. The fraction of sp³-hybridized carbons (Fsp3) is 0.231.